The fourth-order valence-corrected chi connectivity index (χ4v) is 1.54. The van der Waals surface area contributed by atoms with Gasteiger partial charge >= 0.3 is 6.18 Å². The Kier molecular flexibility index (Phi) is 1.92. The van der Waals surface area contributed by atoms with Crippen LogP contribution < -0.4 is 5.06 Å². The minimum Gasteiger partial charge on any atom is -0.288 e. The summed E-state index contributed by atoms with van der Waals surface area (Å²) >= 11 is 0. The van der Waals surface area contributed by atoms with E-state index in [1.54, 1.807) is 0 Å². The number of alkyl halides is 3. The van der Waals surface area contributed by atoms with Gasteiger partial charge in [-0.3, -0.25) is 10.3 Å². The zero-order chi connectivity index (χ0) is 10.3. The minimum atomic E-state index is -4.35. The van der Waals surface area contributed by atoms with Crippen molar-refractivity contribution in [2.24, 2.45) is 0 Å². The first-order valence-corrected chi connectivity index (χ1v) is 4.15. The van der Waals surface area contributed by atoms with Crippen LogP contribution >= 0.6 is 0 Å². The number of hydroxylamine groups is 1. The molecule has 0 atom stereocenters. The molecular weight excluding hydrogens is 195 g/mol. The summed E-state index contributed by atoms with van der Waals surface area (Å²) in [6.45, 7) is 0.358. The molecular formula is C9H8F3NO. The highest BCUT2D eigenvalue weighted by Gasteiger charge is 2.32. The highest BCUT2D eigenvalue weighted by atomic mass is 19.4. The lowest BCUT2D eigenvalue weighted by molar-refractivity contribution is -0.137. The van der Waals surface area contributed by atoms with Gasteiger partial charge in [-0.05, 0) is 24.1 Å². The fourth-order valence-electron chi connectivity index (χ4n) is 1.54. The first-order chi connectivity index (χ1) is 6.48. The molecule has 1 aliphatic rings. The van der Waals surface area contributed by atoms with Crippen LogP contribution in [0.1, 0.15) is 11.1 Å². The maximum Gasteiger partial charge on any atom is 0.416 e. The second-order valence-electron chi connectivity index (χ2n) is 3.21. The molecule has 0 saturated carbocycles. The fraction of sp³-hybridized carbons (Fsp3) is 0.333. The van der Waals surface area contributed by atoms with E-state index in [-0.39, 0.29) is 5.69 Å². The van der Waals surface area contributed by atoms with Crippen molar-refractivity contribution < 1.29 is 18.4 Å². The Morgan fingerprint density at radius 2 is 2.00 bits per heavy atom. The highest BCUT2D eigenvalue weighted by Crippen LogP contribution is 2.35. The molecule has 2 rings (SSSR count). The smallest absolute Gasteiger partial charge is 0.288 e. The van der Waals surface area contributed by atoms with E-state index in [2.05, 4.69) is 0 Å². The van der Waals surface area contributed by atoms with Gasteiger partial charge in [0.05, 0.1) is 11.3 Å². The SMILES string of the molecule is ON1CCc2ccc(C(F)(F)F)cc21. The Hall–Kier alpha value is -1.23. The highest BCUT2D eigenvalue weighted by molar-refractivity contribution is 5.57. The van der Waals surface area contributed by atoms with Gasteiger partial charge in [-0.15, -0.1) is 0 Å². The van der Waals surface area contributed by atoms with Crippen LogP contribution in [0.25, 0.3) is 0 Å². The van der Waals surface area contributed by atoms with Crippen molar-refractivity contribution in [1.29, 1.82) is 0 Å². The molecule has 0 aromatic heterocycles. The van der Waals surface area contributed by atoms with Crippen LogP contribution in [-0.4, -0.2) is 11.8 Å². The van der Waals surface area contributed by atoms with Crippen molar-refractivity contribution in [3.8, 4) is 0 Å². The predicted molar refractivity (Wildman–Crippen MR) is 44.3 cm³/mol. The van der Waals surface area contributed by atoms with Crippen LogP contribution in [0.5, 0.6) is 0 Å². The van der Waals surface area contributed by atoms with Gasteiger partial charge in [-0.2, -0.15) is 13.2 Å². The molecule has 1 heterocycles. The third kappa shape index (κ3) is 1.43. The van der Waals surface area contributed by atoms with Crippen molar-refractivity contribution in [1.82, 2.24) is 0 Å². The lowest BCUT2D eigenvalue weighted by atomic mass is 10.1. The first kappa shape index (κ1) is 9.33. The Morgan fingerprint density at radius 1 is 1.29 bits per heavy atom. The summed E-state index contributed by atoms with van der Waals surface area (Å²) in [6, 6.07) is 3.43. The molecule has 0 unspecified atom stereocenters. The molecule has 2 nitrogen and oxygen atoms in total. The number of rotatable bonds is 0. The average molecular weight is 203 g/mol. The number of hydrogen-bond acceptors (Lipinski definition) is 2. The monoisotopic (exact) mass is 203 g/mol. The lowest BCUT2D eigenvalue weighted by Gasteiger charge is -2.12. The third-order valence-electron chi connectivity index (χ3n) is 2.28. The molecule has 14 heavy (non-hydrogen) atoms. The summed E-state index contributed by atoms with van der Waals surface area (Å²) in [6.07, 6.45) is -3.76. The largest absolute Gasteiger partial charge is 0.416 e. The maximum atomic E-state index is 12.3. The summed E-state index contributed by atoms with van der Waals surface area (Å²) in [5.74, 6) is 0. The van der Waals surface area contributed by atoms with E-state index in [9.17, 15) is 18.4 Å². The van der Waals surface area contributed by atoms with Gasteiger partial charge in [0.25, 0.3) is 0 Å². The van der Waals surface area contributed by atoms with Gasteiger partial charge in [0.1, 0.15) is 0 Å². The second-order valence-corrected chi connectivity index (χ2v) is 3.21. The number of anilines is 1. The van der Waals surface area contributed by atoms with Crippen LogP contribution in [0.3, 0.4) is 0 Å². The van der Waals surface area contributed by atoms with E-state index in [4.69, 9.17) is 0 Å². The van der Waals surface area contributed by atoms with E-state index >= 15 is 0 Å². The second kappa shape index (κ2) is 2.88. The van der Waals surface area contributed by atoms with E-state index in [1.165, 1.54) is 6.07 Å². The summed E-state index contributed by atoms with van der Waals surface area (Å²) in [7, 11) is 0. The van der Waals surface area contributed by atoms with Crippen LogP contribution in [0.2, 0.25) is 0 Å². The Bertz CT molecular complexity index is 362. The molecule has 0 fully saturated rings. The molecule has 0 bridgehead atoms. The molecule has 0 aliphatic carbocycles. The van der Waals surface area contributed by atoms with Gasteiger partial charge in [0.15, 0.2) is 0 Å². The van der Waals surface area contributed by atoms with Crippen molar-refractivity contribution in [2.75, 3.05) is 11.6 Å². The van der Waals surface area contributed by atoms with Gasteiger partial charge in [0, 0.05) is 6.54 Å². The molecule has 1 N–H and O–H groups in total. The van der Waals surface area contributed by atoms with Crippen LogP contribution in [0, 0.1) is 0 Å². The van der Waals surface area contributed by atoms with E-state index in [1.807, 2.05) is 0 Å². The minimum absolute atomic E-state index is 0.264. The summed E-state index contributed by atoms with van der Waals surface area (Å²) in [5.41, 5.74) is 0.289. The third-order valence-corrected chi connectivity index (χ3v) is 2.28. The predicted octanol–water partition coefficient (Wildman–Crippen LogP) is 2.46. The van der Waals surface area contributed by atoms with Crippen molar-refractivity contribution in [3.63, 3.8) is 0 Å². The topological polar surface area (TPSA) is 23.5 Å². The van der Waals surface area contributed by atoms with Crippen LogP contribution in [0.15, 0.2) is 18.2 Å². The Labute approximate surface area is 78.5 Å². The van der Waals surface area contributed by atoms with Crippen molar-refractivity contribution in [3.05, 3.63) is 29.3 Å². The quantitative estimate of drug-likeness (QED) is 0.700. The number of nitrogens with zero attached hydrogens (tertiary/aromatic N) is 1. The maximum absolute atomic E-state index is 12.3. The van der Waals surface area contributed by atoms with E-state index < -0.39 is 11.7 Å². The number of halogens is 3. The average Bonchev–Trinajstić information content (AvgIpc) is 2.46. The molecule has 0 radical (unpaired) electrons. The van der Waals surface area contributed by atoms with Crippen molar-refractivity contribution in [2.45, 2.75) is 12.6 Å². The van der Waals surface area contributed by atoms with E-state index in [0.29, 0.717) is 13.0 Å². The zero-order valence-electron chi connectivity index (χ0n) is 7.17. The zero-order valence-corrected chi connectivity index (χ0v) is 7.17. The molecule has 0 amide bonds. The standard InChI is InChI=1S/C9H8F3NO/c10-9(11,12)7-2-1-6-3-4-13(14)8(6)5-7/h1-2,5,14H,3-4H2. The van der Waals surface area contributed by atoms with Gasteiger partial charge in [-0.1, -0.05) is 6.07 Å². The molecule has 1 aromatic carbocycles. The number of hydrogen-bond donors (Lipinski definition) is 1. The Balaban J connectivity index is 2.45. The summed E-state index contributed by atoms with van der Waals surface area (Å²) < 4.78 is 36.8. The molecule has 1 aromatic rings. The van der Waals surface area contributed by atoms with Crippen molar-refractivity contribution >= 4 is 5.69 Å². The molecule has 1 aliphatic heterocycles. The normalized spacial score (nSPS) is 15.9. The van der Waals surface area contributed by atoms with Gasteiger partial charge < -0.3 is 0 Å². The Morgan fingerprint density at radius 3 is 2.64 bits per heavy atom. The lowest BCUT2D eigenvalue weighted by Crippen LogP contribution is -2.14. The molecule has 5 heteroatoms. The molecule has 0 saturated heterocycles. The molecule has 0 spiro atoms. The first-order valence-electron chi connectivity index (χ1n) is 4.15. The number of benzene rings is 1. The van der Waals surface area contributed by atoms with Crippen LogP contribution in [0.4, 0.5) is 18.9 Å². The van der Waals surface area contributed by atoms with E-state index in [0.717, 1.165) is 22.8 Å². The molecule has 76 valence electrons. The van der Waals surface area contributed by atoms with Gasteiger partial charge in [-0.25, -0.2) is 0 Å². The summed E-state index contributed by atoms with van der Waals surface area (Å²) in [5, 5.41) is 10.1. The summed E-state index contributed by atoms with van der Waals surface area (Å²) in [4.78, 5) is 0. The van der Waals surface area contributed by atoms with Gasteiger partial charge in [0.2, 0.25) is 0 Å². The van der Waals surface area contributed by atoms with Crippen LogP contribution in [-0.2, 0) is 12.6 Å². The number of fused-ring (bicyclic) bond motifs is 1.